The molecule has 0 spiro atoms. The second kappa shape index (κ2) is 19.8. The highest BCUT2D eigenvalue weighted by atomic mass is 16.5. The van der Waals surface area contributed by atoms with Gasteiger partial charge < -0.3 is 9.64 Å². The maximum atomic E-state index is 6.58. The lowest BCUT2D eigenvalue weighted by atomic mass is 9.67. The van der Waals surface area contributed by atoms with Crippen LogP contribution in [0.4, 0.5) is 17.1 Å². The van der Waals surface area contributed by atoms with E-state index >= 15 is 0 Å². The topological polar surface area (TPSA) is 12.5 Å². The quantitative estimate of drug-likeness (QED) is 0.102. The van der Waals surface area contributed by atoms with Crippen LogP contribution >= 0.6 is 0 Å². The molecule has 2 heteroatoms. The third-order valence-corrected chi connectivity index (χ3v) is 16.0. The van der Waals surface area contributed by atoms with Crippen molar-refractivity contribution in [1.82, 2.24) is 0 Å². The van der Waals surface area contributed by atoms with Gasteiger partial charge in [0.25, 0.3) is 0 Å². The van der Waals surface area contributed by atoms with Crippen LogP contribution in [-0.2, 0) is 24.9 Å². The molecule has 3 unspecified atom stereocenters. The van der Waals surface area contributed by atoms with E-state index in [2.05, 4.69) is 268 Å². The highest BCUT2D eigenvalue weighted by molar-refractivity contribution is 5.90. The van der Waals surface area contributed by atoms with Gasteiger partial charge in [-0.25, -0.2) is 0 Å². The van der Waals surface area contributed by atoms with Crippen molar-refractivity contribution in [3.8, 4) is 39.1 Å². The van der Waals surface area contributed by atoms with Gasteiger partial charge in [0, 0.05) is 17.1 Å². The second-order valence-electron chi connectivity index (χ2n) is 20.4. The Balaban J connectivity index is 0.878. The van der Waals surface area contributed by atoms with E-state index < -0.39 is 5.41 Å². The predicted octanol–water partition coefficient (Wildman–Crippen LogP) is 18.5. The van der Waals surface area contributed by atoms with Crippen LogP contribution in [0.5, 0.6) is 5.75 Å². The Morgan fingerprint density at radius 3 is 1.59 bits per heavy atom. The summed E-state index contributed by atoms with van der Waals surface area (Å²) in [5, 5.41) is 0. The van der Waals surface area contributed by atoms with Crippen molar-refractivity contribution in [2.75, 3.05) is 4.90 Å². The van der Waals surface area contributed by atoms with E-state index in [1.54, 1.807) is 5.56 Å². The van der Waals surface area contributed by atoms with E-state index in [1.165, 1.54) is 96.3 Å². The van der Waals surface area contributed by atoms with Crippen LogP contribution in [0.25, 0.3) is 33.4 Å². The summed E-state index contributed by atoms with van der Waals surface area (Å²) in [7, 11) is 0. The van der Waals surface area contributed by atoms with Gasteiger partial charge in [-0.2, -0.15) is 0 Å². The van der Waals surface area contributed by atoms with Gasteiger partial charge in [-0.05, 0) is 176 Å². The predicted molar refractivity (Wildman–Crippen MR) is 305 cm³/mol. The molecule has 2 aliphatic carbocycles. The van der Waals surface area contributed by atoms with Crippen molar-refractivity contribution in [3.63, 3.8) is 0 Å². The minimum absolute atomic E-state index is 0.474. The molecule has 2 nitrogen and oxygen atoms in total. The third kappa shape index (κ3) is 8.76. The molecule has 0 radical (unpaired) electrons. The Kier molecular flexibility index (Phi) is 12.4. The smallest absolute Gasteiger partial charge is 0.119 e. The molecule has 12 rings (SSSR count). The third-order valence-electron chi connectivity index (χ3n) is 16.0. The number of anilines is 3. The average molecular weight is 944 g/mol. The van der Waals surface area contributed by atoms with Crippen LogP contribution in [0.3, 0.4) is 0 Å². The van der Waals surface area contributed by atoms with Gasteiger partial charge in [-0.15, -0.1) is 0 Å². The molecular weight excluding hydrogens is 883 g/mol. The van der Waals surface area contributed by atoms with Crippen molar-refractivity contribution < 1.29 is 4.74 Å². The highest BCUT2D eigenvalue weighted by Crippen LogP contribution is 2.57. The highest BCUT2D eigenvalue weighted by Gasteiger charge is 2.46. The van der Waals surface area contributed by atoms with Crippen molar-refractivity contribution in [3.05, 3.63) is 298 Å². The number of ether oxygens (including phenoxy) is 1. The monoisotopic (exact) mass is 943 g/mol. The van der Waals surface area contributed by atoms with E-state index in [4.69, 9.17) is 4.74 Å². The first-order valence-electron chi connectivity index (χ1n) is 26.3. The van der Waals surface area contributed by atoms with E-state index in [0.717, 1.165) is 35.7 Å². The first kappa shape index (κ1) is 45.9. The Hall–Kier alpha value is -8.20. The summed E-state index contributed by atoms with van der Waals surface area (Å²) in [6.07, 6.45) is 4.79. The zero-order valence-corrected chi connectivity index (χ0v) is 42.1. The van der Waals surface area contributed by atoms with E-state index in [1.807, 2.05) is 0 Å². The van der Waals surface area contributed by atoms with E-state index in [0.29, 0.717) is 18.4 Å². The van der Waals surface area contributed by atoms with Gasteiger partial charge >= 0.3 is 0 Å². The van der Waals surface area contributed by atoms with Crippen LogP contribution < -0.4 is 9.64 Å². The fourth-order valence-electron chi connectivity index (χ4n) is 11.8. The summed E-state index contributed by atoms with van der Waals surface area (Å²) >= 11 is 0. The SMILES string of the molecule is CCC(CC(C)c1ccc(COc2ccc(C3(c4ccc(C)cc4)c4ccccc4-c4ccc(N(c5ccc(-c6ccccc6)cc5)c5ccc(-c6ccccc6)cc5)cc43)cc2)cc1)c1ccc2c(c1)CC2. The number of aryl methyl sites for hydroxylation is 3. The lowest BCUT2D eigenvalue weighted by molar-refractivity contribution is 0.306. The number of fused-ring (bicyclic) bond motifs is 4. The summed E-state index contributed by atoms with van der Waals surface area (Å²) in [6, 6.07) is 89.8. The number of benzene rings is 10. The molecule has 0 fully saturated rings. The summed E-state index contributed by atoms with van der Waals surface area (Å²) in [4.78, 5) is 2.41. The van der Waals surface area contributed by atoms with Gasteiger partial charge in [-0.3, -0.25) is 0 Å². The number of hydrogen-bond donors (Lipinski definition) is 0. The zero-order chi connectivity index (χ0) is 49.3. The molecule has 0 saturated heterocycles. The summed E-state index contributed by atoms with van der Waals surface area (Å²) in [5.74, 6) is 1.91. The minimum atomic E-state index is -0.598. The van der Waals surface area contributed by atoms with Crippen LogP contribution in [0, 0.1) is 6.92 Å². The fraction of sp³-hybridized carbons (Fsp3) is 0.155. The molecule has 73 heavy (non-hydrogen) atoms. The normalized spacial score (nSPS) is 15.1. The van der Waals surface area contributed by atoms with E-state index in [-0.39, 0.29) is 0 Å². The van der Waals surface area contributed by atoms with Crippen molar-refractivity contribution in [2.45, 2.75) is 70.3 Å². The molecule has 2 aliphatic rings. The van der Waals surface area contributed by atoms with Gasteiger partial charge in [0.05, 0.1) is 5.41 Å². The maximum Gasteiger partial charge on any atom is 0.119 e. The molecule has 10 aromatic carbocycles. The van der Waals surface area contributed by atoms with Crippen LogP contribution in [0.2, 0.25) is 0 Å². The Morgan fingerprint density at radius 1 is 0.466 bits per heavy atom. The number of hydrogen-bond acceptors (Lipinski definition) is 2. The summed E-state index contributed by atoms with van der Waals surface area (Å²) < 4.78 is 6.58. The Bertz CT molecular complexity index is 3420. The molecular formula is C71H61NO. The molecule has 0 N–H and O–H groups in total. The number of rotatable bonds is 15. The van der Waals surface area contributed by atoms with Gasteiger partial charge in [-0.1, -0.05) is 214 Å². The largest absolute Gasteiger partial charge is 0.489 e. The Labute approximate surface area is 432 Å². The molecule has 0 amide bonds. The first-order valence-corrected chi connectivity index (χ1v) is 26.3. The van der Waals surface area contributed by atoms with Gasteiger partial charge in [0.15, 0.2) is 0 Å². The molecule has 0 heterocycles. The standard InChI is InChI=1S/C71H61NO/c1-4-52(59-27-25-58-26-28-60(58)46-59)45-50(3)53-23-21-51(22-24-53)48-73-66-42-35-62(36-43-66)71(61-33-19-49(2)20-34-61)69-18-12-11-17-67(69)68-44-41-65(47-70(68)71)72(63-37-29-56(30-38-63)54-13-7-5-8-14-54)64-39-31-57(32-40-64)55-15-9-6-10-16-55/h5-25,27,29-44,46-47,50,52H,4,26,28,45,48H2,1-3H3. The van der Waals surface area contributed by atoms with Crippen LogP contribution in [0.1, 0.15) is 94.2 Å². The molecule has 356 valence electrons. The van der Waals surface area contributed by atoms with Crippen molar-refractivity contribution in [1.29, 1.82) is 0 Å². The van der Waals surface area contributed by atoms with Gasteiger partial charge in [0.2, 0.25) is 0 Å². The zero-order valence-electron chi connectivity index (χ0n) is 42.1. The van der Waals surface area contributed by atoms with Gasteiger partial charge in [0.1, 0.15) is 12.4 Å². The van der Waals surface area contributed by atoms with Crippen LogP contribution in [0.15, 0.2) is 243 Å². The fourth-order valence-corrected chi connectivity index (χ4v) is 11.8. The number of nitrogens with zero attached hydrogens (tertiary/aromatic N) is 1. The lowest BCUT2D eigenvalue weighted by Crippen LogP contribution is -2.28. The van der Waals surface area contributed by atoms with Crippen molar-refractivity contribution in [2.24, 2.45) is 0 Å². The molecule has 0 aliphatic heterocycles. The summed E-state index contributed by atoms with van der Waals surface area (Å²) in [6.45, 7) is 7.40. The molecule has 0 bridgehead atoms. The van der Waals surface area contributed by atoms with E-state index in [9.17, 15) is 0 Å². The molecule has 0 aromatic heterocycles. The average Bonchev–Trinajstić information content (AvgIpc) is 3.74. The maximum absolute atomic E-state index is 6.58. The molecule has 10 aromatic rings. The molecule has 3 atom stereocenters. The van der Waals surface area contributed by atoms with Crippen molar-refractivity contribution >= 4 is 17.1 Å². The second-order valence-corrected chi connectivity index (χ2v) is 20.4. The Morgan fingerprint density at radius 2 is 1.00 bits per heavy atom. The first-order chi connectivity index (χ1) is 35.9. The minimum Gasteiger partial charge on any atom is -0.489 e. The summed E-state index contributed by atoms with van der Waals surface area (Å²) in [5.41, 5.74) is 23.3. The van der Waals surface area contributed by atoms with Crippen LogP contribution in [-0.4, -0.2) is 0 Å². The lowest BCUT2D eigenvalue weighted by Gasteiger charge is -2.35. The molecule has 0 saturated carbocycles.